The minimum absolute atomic E-state index is 0.205. The van der Waals surface area contributed by atoms with E-state index in [0.29, 0.717) is 13.2 Å². The summed E-state index contributed by atoms with van der Waals surface area (Å²) in [5.74, 6) is 0.842. The minimum atomic E-state index is -0.674. The van der Waals surface area contributed by atoms with Crippen molar-refractivity contribution < 1.29 is 14.2 Å². The number of nitrogens with two attached hydrogens (primary N) is 1. The van der Waals surface area contributed by atoms with Gasteiger partial charge in [0.15, 0.2) is 5.54 Å². The average molecular weight is 419 g/mol. The Balaban J connectivity index is 2.12. The van der Waals surface area contributed by atoms with E-state index in [1.807, 2.05) is 19.1 Å². The second-order valence-corrected chi connectivity index (χ2v) is 7.29. The number of hydrogen-bond acceptors (Lipinski definition) is 5. The molecule has 1 heterocycles. The van der Waals surface area contributed by atoms with Gasteiger partial charge in [0.2, 0.25) is 0 Å². The van der Waals surface area contributed by atoms with Crippen molar-refractivity contribution in [2.24, 2.45) is 10.7 Å². The van der Waals surface area contributed by atoms with E-state index in [1.165, 1.54) is 5.56 Å². The zero-order valence-electron chi connectivity index (χ0n) is 15.2. The Morgan fingerprint density at radius 2 is 2.00 bits per heavy atom. The summed E-state index contributed by atoms with van der Waals surface area (Å²) in [4.78, 5) is 4.70. The molecular formula is C20H23BrN2O3. The molecule has 138 valence electrons. The van der Waals surface area contributed by atoms with Crippen LogP contribution in [-0.4, -0.2) is 33.5 Å². The van der Waals surface area contributed by atoms with Gasteiger partial charge in [-0.25, -0.2) is 4.99 Å². The predicted molar refractivity (Wildman–Crippen MR) is 106 cm³/mol. The molecule has 26 heavy (non-hydrogen) atoms. The number of benzene rings is 2. The van der Waals surface area contributed by atoms with E-state index >= 15 is 0 Å². The van der Waals surface area contributed by atoms with Crippen molar-refractivity contribution in [2.75, 3.05) is 27.4 Å². The Labute approximate surface area is 162 Å². The van der Waals surface area contributed by atoms with Crippen molar-refractivity contribution in [3.8, 4) is 5.75 Å². The Morgan fingerprint density at radius 1 is 1.19 bits per heavy atom. The Morgan fingerprint density at radius 3 is 2.62 bits per heavy atom. The lowest BCUT2D eigenvalue weighted by Gasteiger charge is -2.27. The molecule has 0 fully saturated rings. The van der Waals surface area contributed by atoms with E-state index < -0.39 is 5.54 Å². The molecule has 3 rings (SSSR count). The SMILES string of the molecule is COCCc1cc(Br)cc(C2(c3ccc(OC)c(C)c3)COC(N)=N2)c1. The van der Waals surface area contributed by atoms with Crippen LogP contribution in [0.5, 0.6) is 5.75 Å². The second kappa shape index (κ2) is 7.68. The molecule has 5 nitrogen and oxygen atoms in total. The highest BCUT2D eigenvalue weighted by Gasteiger charge is 2.40. The number of aliphatic imine (C=N–C) groups is 1. The van der Waals surface area contributed by atoms with Gasteiger partial charge >= 0.3 is 0 Å². The maximum Gasteiger partial charge on any atom is 0.283 e. The second-order valence-electron chi connectivity index (χ2n) is 6.37. The normalized spacial score (nSPS) is 19.2. The van der Waals surface area contributed by atoms with Crippen molar-refractivity contribution in [2.45, 2.75) is 18.9 Å². The van der Waals surface area contributed by atoms with E-state index in [-0.39, 0.29) is 6.02 Å². The summed E-state index contributed by atoms with van der Waals surface area (Å²) in [5.41, 5.74) is 9.49. The Kier molecular flexibility index (Phi) is 5.53. The van der Waals surface area contributed by atoms with E-state index in [4.69, 9.17) is 24.9 Å². The van der Waals surface area contributed by atoms with Gasteiger partial charge in [-0.1, -0.05) is 28.1 Å². The van der Waals surface area contributed by atoms with Crippen LogP contribution in [0, 0.1) is 6.92 Å². The Hall–Kier alpha value is -2.05. The molecule has 1 aliphatic rings. The summed E-state index contributed by atoms with van der Waals surface area (Å²) in [6.45, 7) is 3.04. The molecule has 1 unspecified atom stereocenters. The van der Waals surface area contributed by atoms with Crippen molar-refractivity contribution in [1.82, 2.24) is 0 Å². The van der Waals surface area contributed by atoms with Crippen LogP contribution in [0.1, 0.15) is 22.3 Å². The first kappa shape index (κ1) is 18.7. The van der Waals surface area contributed by atoms with Crippen LogP contribution in [0.25, 0.3) is 0 Å². The fourth-order valence-electron chi connectivity index (χ4n) is 3.28. The molecule has 1 atom stereocenters. The van der Waals surface area contributed by atoms with Crippen molar-refractivity contribution in [3.05, 3.63) is 63.1 Å². The summed E-state index contributed by atoms with van der Waals surface area (Å²) >= 11 is 3.62. The first-order valence-electron chi connectivity index (χ1n) is 8.40. The predicted octanol–water partition coefficient (Wildman–Crippen LogP) is 3.54. The number of aryl methyl sites for hydroxylation is 1. The molecule has 0 bridgehead atoms. The molecule has 0 saturated heterocycles. The minimum Gasteiger partial charge on any atom is -0.496 e. The molecule has 0 aromatic heterocycles. The van der Waals surface area contributed by atoms with Crippen molar-refractivity contribution in [3.63, 3.8) is 0 Å². The number of nitrogens with zero attached hydrogens (tertiary/aromatic N) is 1. The van der Waals surface area contributed by atoms with Gasteiger partial charge in [0, 0.05) is 11.6 Å². The number of amidine groups is 1. The van der Waals surface area contributed by atoms with Crippen LogP contribution in [0.15, 0.2) is 45.9 Å². The Bertz CT molecular complexity index is 838. The molecule has 2 N–H and O–H groups in total. The number of hydrogen-bond donors (Lipinski definition) is 1. The fourth-order valence-corrected chi connectivity index (χ4v) is 3.82. The van der Waals surface area contributed by atoms with Crippen molar-refractivity contribution >= 4 is 22.0 Å². The van der Waals surface area contributed by atoms with Crippen molar-refractivity contribution in [1.29, 1.82) is 0 Å². The zero-order valence-corrected chi connectivity index (χ0v) is 16.8. The van der Waals surface area contributed by atoms with Gasteiger partial charge in [-0.2, -0.15) is 0 Å². The molecule has 0 spiro atoms. The maximum absolute atomic E-state index is 5.91. The first-order valence-corrected chi connectivity index (χ1v) is 9.20. The van der Waals surface area contributed by atoms with E-state index in [9.17, 15) is 0 Å². The lowest BCUT2D eigenvalue weighted by molar-refractivity contribution is 0.202. The van der Waals surface area contributed by atoms with Gasteiger partial charge in [-0.3, -0.25) is 0 Å². The van der Waals surface area contributed by atoms with Crippen LogP contribution in [0.4, 0.5) is 0 Å². The third kappa shape index (κ3) is 3.57. The third-order valence-electron chi connectivity index (χ3n) is 4.63. The first-order chi connectivity index (χ1) is 12.5. The van der Waals surface area contributed by atoms with Crippen LogP contribution < -0.4 is 10.5 Å². The number of ether oxygens (including phenoxy) is 3. The average Bonchev–Trinajstić information content (AvgIpc) is 3.02. The fraction of sp³-hybridized carbons (Fsp3) is 0.350. The van der Waals surface area contributed by atoms with E-state index in [1.54, 1.807) is 14.2 Å². The molecule has 0 saturated carbocycles. The molecule has 1 aliphatic heterocycles. The lowest BCUT2D eigenvalue weighted by Crippen LogP contribution is -2.27. The zero-order chi connectivity index (χ0) is 18.7. The summed E-state index contributed by atoms with van der Waals surface area (Å²) in [6, 6.07) is 12.6. The highest BCUT2D eigenvalue weighted by molar-refractivity contribution is 9.10. The van der Waals surface area contributed by atoms with Gasteiger partial charge < -0.3 is 19.9 Å². The summed E-state index contributed by atoms with van der Waals surface area (Å²) in [7, 11) is 3.37. The van der Waals surface area contributed by atoms with Gasteiger partial charge in [0.1, 0.15) is 12.4 Å². The van der Waals surface area contributed by atoms with Gasteiger partial charge in [-0.15, -0.1) is 0 Å². The van der Waals surface area contributed by atoms with Gasteiger partial charge in [0.05, 0.1) is 13.7 Å². The molecular weight excluding hydrogens is 396 g/mol. The summed E-state index contributed by atoms with van der Waals surface area (Å²) in [5, 5.41) is 0. The monoisotopic (exact) mass is 418 g/mol. The molecule has 2 aromatic carbocycles. The smallest absolute Gasteiger partial charge is 0.283 e. The molecule has 6 heteroatoms. The quantitative estimate of drug-likeness (QED) is 0.778. The molecule has 0 aliphatic carbocycles. The number of methoxy groups -OCH3 is 2. The van der Waals surface area contributed by atoms with Crippen LogP contribution in [0.3, 0.4) is 0 Å². The molecule has 2 aromatic rings. The van der Waals surface area contributed by atoms with E-state index in [2.05, 4.69) is 40.2 Å². The highest BCUT2D eigenvalue weighted by Crippen LogP contribution is 2.40. The van der Waals surface area contributed by atoms with Gasteiger partial charge in [-0.05, 0) is 59.9 Å². The number of halogens is 1. The van der Waals surface area contributed by atoms with Gasteiger partial charge in [0.25, 0.3) is 6.02 Å². The summed E-state index contributed by atoms with van der Waals surface area (Å²) < 4.78 is 17.2. The standard InChI is InChI=1S/C20H23BrN2O3/c1-13-8-15(4-5-18(13)25-3)20(12-26-19(22)23-20)16-9-14(6-7-24-2)10-17(21)11-16/h4-5,8-11H,6-7,12H2,1-3H3,(H2,22,23). The maximum atomic E-state index is 5.91. The van der Waals surface area contributed by atoms with Crippen LogP contribution in [0.2, 0.25) is 0 Å². The van der Waals surface area contributed by atoms with E-state index in [0.717, 1.165) is 33.3 Å². The summed E-state index contributed by atoms with van der Waals surface area (Å²) in [6.07, 6.45) is 0.820. The lowest BCUT2D eigenvalue weighted by atomic mass is 9.83. The number of rotatable bonds is 6. The highest BCUT2D eigenvalue weighted by atomic mass is 79.9. The topological polar surface area (TPSA) is 66.1 Å². The molecule has 0 amide bonds. The van der Waals surface area contributed by atoms with Crippen LogP contribution >= 0.6 is 15.9 Å². The largest absolute Gasteiger partial charge is 0.496 e. The molecule has 0 radical (unpaired) electrons. The third-order valence-corrected chi connectivity index (χ3v) is 5.09. The van der Waals surface area contributed by atoms with Crippen LogP contribution in [-0.2, 0) is 21.4 Å².